The van der Waals surface area contributed by atoms with Crippen molar-refractivity contribution in [1.29, 1.82) is 0 Å². The zero-order valence-electron chi connectivity index (χ0n) is 17.5. The van der Waals surface area contributed by atoms with Gasteiger partial charge in [0.1, 0.15) is 18.2 Å². The van der Waals surface area contributed by atoms with Crippen molar-refractivity contribution in [2.75, 3.05) is 0 Å². The third kappa shape index (κ3) is 8.98. The highest BCUT2D eigenvalue weighted by Gasteiger charge is 2.29. The molecule has 1 fully saturated rings. The predicted octanol–water partition coefficient (Wildman–Crippen LogP) is 3.46. The number of hydrogen-bond donors (Lipinski definition) is 2. The zero-order valence-corrected chi connectivity index (χ0v) is 17.5. The molecule has 0 unspecified atom stereocenters. The Balaban J connectivity index is 1.96. The molecule has 1 aliphatic carbocycles. The summed E-state index contributed by atoms with van der Waals surface area (Å²) in [6.07, 6.45) is 4.28. The fourth-order valence-corrected chi connectivity index (χ4v) is 3.19. The van der Waals surface area contributed by atoms with E-state index >= 15 is 0 Å². The van der Waals surface area contributed by atoms with Gasteiger partial charge in [0.05, 0.1) is 6.42 Å². The van der Waals surface area contributed by atoms with Gasteiger partial charge in [-0.1, -0.05) is 49.6 Å². The van der Waals surface area contributed by atoms with E-state index in [1.807, 2.05) is 30.3 Å². The van der Waals surface area contributed by atoms with Crippen LogP contribution in [0.25, 0.3) is 0 Å². The van der Waals surface area contributed by atoms with Gasteiger partial charge < -0.3 is 20.1 Å². The summed E-state index contributed by atoms with van der Waals surface area (Å²) in [6.45, 7) is 5.25. The van der Waals surface area contributed by atoms with E-state index in [-0.39, 0.29) is 25.0 Å². The van der Waals surface area contributed by atoms with Gasteiger partial charge in [0.25, 0.3) is 0 Å². The molecule has 7 heteroatoms. The van der Waals surface area contributed by atoms with E-state index in [4.69, 9.17) is 9.47 Å². The van der Waals surface area contributed by atoms with E-state index in [0.717, 1.165) is 31.2 Å². The highest BCUT2D eigenvalue weighted by Crippen LogP contribution is 2.17. The molecule has 0 aliphatic heterocycles. The number of benzene rings is 1. The van der Waals surface area contributed by atoms with Crippen molar-refractivity contribution in [2.24, 2.45) is 0 Å². The Bertz CT molecular complexity index is 678. The summed E-state index contributed by atoms with van der Waals surface area (Å²) < 4.78 is 10.5. The number of amides is 2. The molecule has 0 radical (unpaired) electrons. The maximum Gasteiger partial charge on any atom is 0.408 e. The highest BCUT2D eigenvalue weighted by atomic mass is 16.6. The van der Waals surface area contributed by atoms with Gasteiger partial charge >= 0.3 is 12.1 Å². The highest BCUT2D eigenvalue weighted by molar-refractivity contribution is 5.88. The Morgan fingerprint density at radius 3 is 2.34 bits per heavy atom. The maximum atomic E-state index is 12.6. The van der Waals surface area contributed by atoms with Crippen LogP contribution < -0.4 is 10.6 Å². The number of rotatable bonds is 7. The summed E-state index contributed by atoms with van der Waals surface area (Å²) in [5, 5.41) is 5.44. The topological polar surface area (TPSA) is 93.7 Å². The lowest BCUT2D eigenvalue weighted by molar-refractivity contribution is -0.149. The lowest BCUT2D eigenvalue weighted by atomic mass is 9.95. The lowest BCUT2D eigenvalue weighted by Crippen LogP contribution is -2.48. The Kier molecular flexibility index (Phi) is 8.49. The molecule has 1 aromatic carbocycles. The summed E-state index contributed by atoms with van der Waals surface area (Å²) in [4.78, 5) is 37.2. The number of ether oxygens (including phenoxy) is 2. The number of hydrogen-bond acceptors (Lipinski definition) is 5. The molecule has 1 atom stereocenters. The second-order valence-electron chi connectivity index (χ2n) is 8.40. The predicted molar refractivity (Wildman–Crippen MR) is 109 cm³/mol. The molecule has 0 saturated heterocycles. The van der Waals surface area contributed by atoms with Crippen molar-refractivity contribution in [3.8, 4) is 0 Å². The summed E-state index contributed by atoms with van der Waals surface area (Å²) >= 11 is 0. The van der Waals surface area contributed by atoms with Gasteiger partial charge in [-0.15, -0.1) is 0 Å². The van der Waals surface area contributed by atoms with Gasteiger partial charge in [-0.05, 0) is 39.2 Å². The fourth-order valence-electron chi connectivity index (χ4n) is 3.19. The van der Waals surface area contributed by atoms with Crippen molar-refractivity contribution in [1.82, 2.24) is 10.6 Å². The molecule has 2 amide bonds. The molecular formula is C22H32N2O5. The monoisotopic (exact) mass is 404 g/mol. The Labute approximate surface area is 172 Å². The first-order chi connectivity index (χ1) is 13.7. The molecule has 0 heterocycles. The summed E-state index contributed by atoms with van der Waals surface area (Å²) in [6, 6.07) is 8.23. The second-order valence-corrected chi connectivity index (χ2v) is 8.40. The SMILES string of the molecule is CC(C)(C)OC(=O)N[C@@H](CC(=O)NC1CCCCC1)C(=O)OCc1ccccc1. The van der Waals surface area contributed by atoms with Gasteiger partial charge in [-0.25, -0.2) is 9.59 Å². The Morgan fingerprint density at radius 2 is 1.72 bits per heavy atom. The number of nitrogens with one attached hydrogen (secondary N) is 2. The normalized spacial score (nSPS) is 15.8. The molecule has 160 valence electrons. The van der Waals surface area contributed by atoms with E-state index in [1.165, 1.54) is 6.42 Å². The minimum atomic E-state index is -1.11. The average molecular weight is 405 g/mol. The van der Waals surface area contributed by atoms with Crippen LogP contribution in [0, 0.1) is 0 Å². The van der Waals surface area contributed by atoms with Crippen molar-refractivity contribution in [2.45, 2.75) is 83.6 Å². The van der Waals surface area contributed by atoms with Crippen LogP contribution in [0.5, 0.6) is 0 Å². The molecule has 29 heavy (non-hydrogen) atoms. The average Bonchev–Trinajstić information content (AvgIpc) is 2.65. The minimum absolute atomic E-state index is 0.0659. The molecule has 2 N–H and O–H groups in total. The van der Waals surface area contributed by atoms with E-state index in [1.54, 1.807) is 20.8 Å². The van der Waals surface area contributed by atoms with Gasteiger partial charge in [0.2, 0.25) is 5.91 Å². The molecular weight excluding hydrogens is 372 g/mol. The Hall–Kier alpha value is -2.57. The van der Waals surface area contributed by atoms with Crippen LogP contribution in [0.2, 0.25) is 0 Å². The smallest absolute Gasteiger partial charge is 0.408 e. The number of esters is 1. The zero-order chi connectivity index (χ0) is 21.3. The van der Waals surface area contributed by atoms with Gasteiger partial charge in [-0.3, -0.25) is 4.79 Å². The minimum Gasteiger partial charge on any atom is -0.459 e. The molecule has 1 saturated carbocycles. The third-order valence-electron chi connectivity index (χ3n) is 4.56. The number of carbonyl (C=O) groups excluding carboxylic acids is 3. The van der Waals surface area contributed by atoms with Crippen LogP contribution >= 0.6 is 0 Å². The molecule has 7 nitrogen and oxygen atoms in total. The second kappa shape index (κ2) is 10.8. The molecule has 0 bridgehead atoms. The molecule has 1 aromatic rings. The Morgan fingerprint density at radius 1 is 1.07 bits per heavy atom. The molecule has 0 aromatic heterocycles. The quantitative estimate of drug-likeness (QED) is 0.679. The largest absolute Gasteiger partial charge is 0.459 e. The van der Waals surface area contributed by atoms with Crippen molar-refractivity contribution < 1.29 is 23.9 Å². The van der Waals surface area contributed by atoms with Gasteiger partial charge in [-0.2, -0.15) is 0 Å². The van der Waals surface area contributed by atoms with E-state index in [9.17, 15) is 14.4 Å². The number of alkyl carbamates (subject to hydrolysis) is 1. The van der Waals surface area contributed by atoms with Crippen LogP contribution in [0.4, 0.5) is 4.79 Å². The van der Waals surface area contributed by atoms with E-state index in [0.29, 0.717) is 0 Å². The van der Waals surface area contributed by atoms with Crippen LogP contribution in [-0.4, -0.2) is 35.7 Å². The van der Waals surface area contributed by atoms with Crippen LogP contribution in [0.1, 0.15) is 64.9 Å². The first kappa shape index (κ1) is 22.7. The maximum absolute atomic E-state index is 12.6. The summed E-state index contributed by atoms with van der Waals surface area (Å²) in [5.41, 5.74) is 0.107. The first-order valence-corrected chi connectivity index (χ1v) is 10.2. The first-order valence-electron chi connectivity index (χ1n) is 10.2. The van der Waals surface area contributed by atoms with Gasteiger partial charge in [0.15, 0.2) is 0 Å². The van der Waals surface area contributed by atoms with E-state index in [2.05, 4.69) is 10.6 Å². The van der Waals surface area contributed by atoms with Gasteiger partial charge in [0, 0.05) is 6.04 Å². The third-order valence-corrected chi connectivity index (χ3v) is 4.56. The van der Waals surface area contributed by atoms with Crippen molar-refractivity contribution >= 4 is 18.0 Å². The number of carbonyl (C=O) groups is 3. The lowest BCUT2D eigenvalue weighted by Gasteiger charge is -2.25. The van der Waals surface area contributed by atoms with Crippen LogP contribution in [-0.2, 0) is 25.7 Å². The standard InChI is InChI=1S/C22H32N2O5/c1-22(2,3)29-21(27)24-18(14-19(25)23-17-12-8-5-9-13-17)20(26)28-15-16-10-6-4-7-11-16/h4,6-7,10-11,17-18H,5,8-9,12-15H2,1-3H3,(H,23,25)(H,24,27)/t18-/m0/s1. The molecule has 1 aliphatic rings. The molecule has 0 spiro atoms. The fraction of sp³-hybridized carbons (Fsp3) is 0.591. The molecule has 2 rings (SSSR count). The summed E-state index contributed by atoms with van der Waals surface area (Å²) in [5.74, 6) is -0.951. The van der Waals surface area contributed by atoms with E-state index < -0.39 is 23.7 Å². The van der Waals surface area contributed by atoms with Crippen molar-refractivity contribution in [3.05, 3.63) is 35.9 Å². The van der Waals surface area contributed by atoms with Crippen LogP contribution in [0.15, 0.2) is 30.3 Å². The van der Waals surface area contributed by atoms with Crippen LogP contribution in [0.3, 0.4) is 0 Å². The van der Waals surface area contributed by atoms with Crippen molar-refractivity contribution in [3.63, 3.8) is 0 Å². The summed E-state index contributed by atoms with van der Waals surface area (Å²) in [7, 11) is 0.